The highest BCUT2D eigenvalue weighted by Gasteiger charge is 2.36. The second kappa shape index (κ2) is 8.13. The number of nitrogens with two attached hydrogens (primary N) is 1. The summed E-state index contributed by atoms with van der Waals surface area (Å²) in [6.07, 6.45) is 3.32. The van der Waals surface area contributed by atoms with E-state index >= 15 is 0 Å². The lowest BCUT2D eigenvalue weighted by molar-refractivity contribution is -0.132. The molecule has 3 nitrogen and oxygen atoms in total. The number of benzene rings is 1. The maximum atomic E-state index is 13.8. The molecule has 118 valence electrons. The first-order valence-electron chi connectivity index (χ1n) is 7.76. The number of nitrogens with one attached hydrogen (secondary N) is 1. The third-order valence-electron chi connectivity index (χ3n) is 4.05. The molecule has 1 unspecified atom stereocenters. The molecule has 0 aliphatic heterocycles. The summed E-state index contributed by atoms with van der Waals surface area (Å²) in [5, 5.41) is 2.94. The van der Waals surface area contributed by atoms with E-state index in [2.05, 4.69) is 5.32 Å². The molecule has 1 rings (SSSR count). The highest BCUT2D eigenvalue weighted by Crippen LogP contribution is 2.30. The molecule has 1 aromatic carbocycles. The number of halogens is 1. The van der Waals surface area contributed by atoms with Gasteiger partial charge in [-0.1, -0.05) is 44.9 Å². The van der Waals surface area contributed by atoms with Crippen molar-refractivity contribution in [3.8, 4) is 0 Å². The number of carbonyl (C=O) groups is 1. The van der Waals surface area contributed by atoms with E-state index in [1.54, 1.807) is 25.1 Å². The van der Waals surface area contributed by atoms with Crippen LogP contribution < -0.4 is 11.1 Å². The van der Waals surface area contributed by atoms with Crippen molar-refractivity contribution in [3.05, 3.63) is 35.6 Å². The molecule has 0 aromatic heterocycles. The SMILES string of the molecule is CCCC(CN)(CCC)C(=O)NC(C)c1ccccc1F. The topological polar surface area (TPSA) is 55.1 Å². The zero-order valence-electron chi connectivity index (χ0n) is 13.3. The highest BCUT2D eigenvalue weighted by atomic mass is 19.1. The molecule has 0 spiro atoms. The van der Waals surface area contributed by atoms with Gasteiger partial charge in [0.2, 0.25) is 5.91 Å². The Morgan fingerprint density at radius 3 is 2.33 bits per heavy atom. The van der Waals surface area contributed by atoms with Gasteiger partial charge in [-0.15, -0.1) is 0 Å². The Morgan fingerprint density at radius 2 is 1.86 bits per heavy atom. The maximum Gasteiger partial charge on any atom is 0.227 e. The van der Waals surface area contributed by atoms with Crippen LogP contribution in [0.1, 0.15) is 58.1 Å². The van der Waals surface area contributed by atoms with Gasteiger partial charge in [0.05, 0.1) is 11.5 Å². The lowest BCUT2D eigenvalue weighted by Crippen LogP contribution is -2.46. The van der Waals surface area contributed by atoms with E-state index in [0.717, 1.165) is 25.7 Å². The molecular weight excluding hydrogens is 267 g/mol. The Hall–Kier alpha value is -1.42. The fourth-order valence-corrected chi connectivity index (χ4v) is 2.86. The van der Waals surface area contributed by atoms with E-state index in [1.807, 2.05) is 13.8 Å². The van der Waals surface area contributed by atoms with Gasteiger partial charge in [0, 0.05) is 12.1 Å². The van der Waals surface area contributed by atoms with Crippen LogP contribution >= 0.6 is 0 Å². The van der Waals surface area contributed by atoms with Crippen LogP contribution in [0.25, 0.3) is 0 Å². The van der Waals surface area contributed by atoms with Gasteiger partial charge < -0.3 is 11.1 Å². The Bertz CT molecular complexity index is 456. The third-order valence-corrected chi connectivity index (χ3v) is 4.05. The Balaban J connectivity index is 2.88. The number of rotatable bonds is 8. The van der Waals surface area contributed by atoms with E-state index in [-0.39, 0.29) is 17.8 Å². The molecule has 0 saturated heterocycles. The second-order valence-corrected chi connectivity index (χ2v) is 5.70. The lowest BCUT2D eigenvalue weighted by Gasteiger charge is -2.32. The lowest BCUT2D eigenvalue weighted by atomic mass is 9.78. The van der Waals surface area contributed by atoms with Gasteiger partial charge in [-0.3, -0.25) is 4.79 Å². The minimum atomic E-state index is -0.539. The maximum absolute atomic E-state index is 13.8. The summed E-state index contributed by atoms with van der Waals surface area (Å²) in [6.45, 7) is 6.22. The standard InChI is InChI=1S/C17H27FN2O/c1-4-10-17(12-19,11-5-2)16(21)20-13(3)14-8-6-7-9-15(14)18/h6-9,13H,4-5,10-12,19H2,1-3H3,(H,20,21). The molecule has 1 amide bonds. The van der Waals surface area contributed by atoms with Crippen LogP contribution in [0.2, 0.25) is 0 Å². The minimum absolute atomic E-state index is 0.0653. The van der Waals surface area contributed by atoms with Crippen molar-refractivity contribution in [2.24, 2.45) is 11.1 Å². The fraction of sp³-hybridized carbons (Fsp3) is 0.588. The molecule has 0 fully saturated rings. The van der Waals surface area contributed by atoms with Crippen LogP contribution in [0.15, 0.2) is 24.3 Å². The van der Waals surface area contributed by atoms with Crippen LogP contribution in [0, 0.1) is 11.2 Å². The number of hydrogen-bond acceptors (Lipinski definition) is 2. The van der Waals surface area contributed by atoms with E-state index in [1.165, 1.54) is 6.07 Å². The molecule has 0 aliphatic rings. The average Bonchev–Trinajstić information content (AvgIpc) is 2.47. The molecule has 0 aliphatic carbocycles. The van der Waals surface area contributed by atoms with Crippen molar-refractivity contribution in [2.45, 2.75) is 52.5 Å². The summed E-state index contributed by atoms with van der Waals surface area (Å²) in [7, 11) is 0. The minimum Gasteiger partial charge on any atom is -0.349 e. The van der Waals surface area contributed by atoms with Crippen LogP contribution in [0.5, 0.6) is 0 Å². The van der Waals surface area contributed by atoms with E-state index < -0.39 is 5.41 Å². The smallest absolute Gasteiger partial charge is 0.227 e. The first-order chi connectivity index (χ1) is 10.0. The summed E-state index contributed by atoms with van der Waals surface area (Å²) >= 11 is 0. The van der Waals surface area contributed by atoms with Gasteiger partial charge in [0.15, 0.2) is 0 Å². The first-order valence-corrected chi connectivity index (χ1v) is 7.76. The number of hydrogen-bond donors (Lipinski definition) is 2. The molecule has 0 radical (unpaired) electrons. The van der Waals surface area contributed by atoms with Crippen molar-refractivity contribution in [3.63, 3.8) is 0 Å². The Kier molecular flexibility index (Phi) is 6.82. The molecule has 0 heterocycles. The van der Waals surface area contributed by atoms with Crippen molar-refractivity contribution in [1.82, 2.24) is 5.32 Å². The quantitative estimate of drug-likeness (QED) is 0.770. The van der Waals surface area contributed by atoms with Gasteiger partial charge in [-0.05, 0) is 25.8 Å². The Labute approximate surface area is 127 Å². The zero-order chi connectivity index (χ0) is 15.9. The van der Waals surface area contributed by atoms with Gasteiger partial charge in [-0.2, -0.15) is 0 Å². The van der Waals surface area contributed by atoms with Gasteiger partial charge >= 0.3 is 0 Å². The first kappa shape index (κ1) is 17.6. The van der Waals surface area contributed by atoms with Gasteiger partial charge in [0.1, 0.15) is 5.82 Å². The van der Waals surface area contributed by atoms with E-state index in [0.29, 0.717) is 12.1 Å². The van der Waals surface area contributed by atoms with Crippen LogP contribution in [0.4, 0.5) is 4.39 Å². The molecule has 1 atom stereocenters. The van der Waals surface area contributed by atoms with Crippen LogP contribution in [-0.2, 0) is 4.79 Å². The normalized spacial score (nSPS) is 13.0. The molecule has 0 saturated carbocycles. The van der Waals surface area contributed by atoms with Crippen LogP contribution in [0.3, 0.4) is 0 Å². The summed E-state index contributed by atoms with van der Waals surface area (Å²) in [4.78, 5) is 12.7. The second-order valence-electron chi connectivity index (χ2n) is 5.70. The van der Waals surface area contributed by atoms with Crippen molar-refractivity contribution >= 4 is 5.91 Å². The number of carbonyl (C=O) groups excluding carboxylic acids is 1. The Morgan fingerprint density at radius 1 is 1.29 bits per heavy atom. The zero-order valence-corrected chi connectivity index (χ0v) is 13.3. The highest BCUT2D eigenvalue weighted by molar-refractivity contribution is 5.83. The number of amides is 1. The van der Waals surface area contributed by atoms with Crippen molar-refractivity contribution in [2.75, 3.05) is 6.54 Å². The van der Waals surface area contributed by atoms with Gasteiger partial charge in [-0.25, -0.2) is 4.39 Å². The molecule has 0 bridgehead atoms. The third kappa shape index (κ3) is 4.27. The monoisotopic (exact) mass is 294 g/mol. The van der Waals surface area contributed by atoms with E-state index in [4.69, 9.17) is 5.73 Å². The van der Waals surface area contributed by atoms with Crippen LogP contribution in [-0.4, -0.2) is 12.5 Å². The van der Waals surface area contributed by atoms with Crippen molar-refractivity contribution in [1.29, 1.82) is 0 Å². The molecule has 4 heteroatoms. The predicted octanol–water partition coefficient (Wildman–Crippen LogP) is 3.55. The molecule has 3 N–H and O–H groups in total. The summed E-state index contributed by atoms with van der Waals surface area (Å²) in [5.74, 6) is -0.362. The molecule has 1 aromatic rings. The summed E-state index contributed by atoms with van der Waals surface area (Å²) in [6, 6.07) is 6.16. The van der Waals surface area contributed by atoms with Gasteiger partial charge in [0.25, 0.3) is 0 Å². The summed E-state index contributed by atoms with van der Waals surface area (Å²) in [5.41, 5.74) is 5.86. The van der Waals surface area contributed by atoms with Crippen molar-refractivity contribution < 1.29 is 9.18 Å². The largest absolute Gasteiger partial charge is 0.349 e. The summed E-state index contributed by atoms with van der Waals surface area (Å²) < 4.78 is 13.8. The predicted molar refractivity (Wildman–Crippen MR) is 84.3 cm³/mol. The van der Waals surface area contributed by atoms with E-state index in [9.17, 15) is 9.18 Å². The average molecular weight is 294 g/mol. The molecular formula is C17H27FN2O. The molecule has 21 heavy (non-hydrogen) atoms. The fourth-order valence-electron chi connectivity index (χ4n) is 2.86.